The van der Waals surface area contributed by atoms with Crippen LogP contribution in [0.4, 0.5) is 0 Å². The average Bonchev–Trinajstić information content (AvgIpc) is 2.76. The van der Waals surface area contributed by atoms with Crippen molar-refractivity contribution in [2.75, 3.05) is 20.8 Å². The molecule has 3 aromatic rings. The molecule has 1 N–H and O–H groups in total. The quantitative estimate of drug-likeness (QED) is 0.648. The summed E-state index contributed by atoms with van der Waals surface area (Å²) >= 11 is 0. The number of hydrogen-bond donors (Lipinski definition) is 1. The highest BCUT2D eigenvalue weighted by molar-refractivity contribution is 6.08. The maximum Gasteiger partial charge on any atom is 0.339 e. The summed E-state index contributed by atoms with van der Waals surface area (Å²) in [5.74, 6) is -1.11. The van der Waals surface area contributed by atoms with Gasteiger partial charge in [0.05, 0.1) is 25.3 Å². The first-order valence-corrected chi connectivity index (χ1v) is 8.75. The van der Waals surface area contributed by atoms with Crippen LogP contribution in [0.25, 0.3) is 10.8 Å². The molecule has 0 radical (unpaired) electrons. The van der Waals surface area contributed by atoms with E-state index in [2.05, 4.69) is 5.32 Å². The van der Waals surface area contributed by atoms with E-state index in [1.54, 1.807) is 49.6 Å². The number of methoxy groups -OCH3 is 2. The third kappa shape index (κ3) is 4.35. The van der Waals surface area contributed by atoms with Crippen molar-refractivity contribution in [3.63, 3.8) is 0 Å². The summed E-state index contributed by atoms with van der Waals surface area (Å²) in [6, 6.07) is 16.9. The van der Waals surface area contributed by atoms with Gasteiger partial charge in [0.15, 0.2) is 6.61 Å². The van der Waals surface area contributed by atoms with E-state index >= 15 is 0 Å². The Bertz CT molecular complexity index is 1080. The largest absolute Gasteiger partial charge is 0.496 e. The average molecular weight is 393 g/mol. The molecule has 2 amide bonds. The van der Waals surface area contributed by atoms with Crippen molar-refractivity contribution >= 4 is 28.6 Å². The van der Waals surface area contributed by atoms with Crippen molar-refractivity contribution in [3.8, 4) is 11.5 Å². The van der Waals surface area contributed by atoms with Gasteiger partial charge in [-0.05, 0) is 29.7 Å². The van der Waals surface area contributed by atoms with Crippen LogP contribution in [0, 0.1) is 0 Å². The second-order valence-corrected chi connectivity index (χ2v) is 6.01. The van der Waals surface area contributed by atoms with Crippen molar-refractivity contribution in [3.05, 3.63) is 71.8 Å². The number of ether oxygens (including phenoxy) is 3. The molecule has 0 bridgehead atoms. The minimum Gasteiger partial charge on any atom is -0.496 e. The Morgan fingerprint density at radius 2 is 1.41 bits per heavy atom. The van der Waals surface area contributed by atoms with Crippen LogP contribution in [0.2, 0.25) is 0 Å². The second kappa shape index (κ2) is 8.88. The van der Waals surface area contributed by atoms with Gasteiger partial charge in [-0.15, -0.1) is 0 Å². The van der Waals surface area contributed by atoms with Crippen molar-refractivity contribution in [2.24, 2.45) is 0 Å². The van der Waals surface area contributed by atoms with Gasteiger partial charge in [0, 0.05) is 5.39 Å². The Balaban J connectivity index is 1.67. The van der Waals surface area contributed by atoms with E-state index in [1.807, 2.05) is 12.1 Å². The normalized spacial score (nSPS) is 10.3. The first kappa shape index (κ1) is 19.9. The number of carbonyl (C=O) groups is 3. The van der Waals surface area contributed by atoms with E-state index in [-0.39, 0.29) is 5.56 Å². The van der Waals surface area contributed by atoms with E-state index in [0.717, 1.165) is 5.39 Å². The standard InChI is InChI=1S/C22H19NO6/c1-27-18-10-6-5-9-17(18)21(25)23-20(24)13-29-22(26)16-11-12-19(28-2)15-8-4-3-7-14(15)16/h3-12H,13H2,1-2H3,(H,23,24,25). The molecule has 0 heterocycles. The van der Waals surface area contributed by atoms with Gasteiger partial charge in [0.2, 0.25) is 0 Å². The summed E-state index contributed by atoms with van der Waals surface area (Å²) in [5.41, 5.74) is 0.501. The van der Waals surface area contributed by atoms with Crippen LogP contribution < -0.4 is 14.8 Å². The molecule has 3 rings (SSSR count). The van der Waals surface area contributed by atoms with Gasteiger partial charge in [0.1, 0.15) is 11.5 Å². The Kier molecular flexibility index (Phi) is 6.09. The van der Waals surface area contributed by atoms with Gasteiger partial charge in [-0.1, -0.05) is 36.4 Å². The van der Waals surface area contributed by atoms with Gasteiger partial charge < -0.3 is 14.2 Å². The van der Waals surface area contributed by atoms with Crippen LogP contribution in [-0.4, -0.2) is 38.6 Å². The Morgan fingerprint density at radius 1 is 0.759 bits per heavy atom. The molecular weight excluding hydrogens is 374 g/mol. The third-order valence-corrected chi connectivity index (χ3v) is 4.26. The molecule has 0 aliphatic heterocycles. The summed E-state index contributed by atoms with van der Waals surface area (Å²) in [5, 5.41) is 3.57. The highest BCUT2D eigenvalue weighted by Crippen LogP contribution is 2.28. The fourth-order valence-electron chi connectivity index (χ4n) is 2.90. The maximum atomic E-state index is 12.5. The summed E-state index contributed by atoms with van der Waals surface area (Å²) in [4.78, 5) is 36.8. The highest BCUT2D eigenvalue weighted by Gasteiger charge is 2.18. The van der Waals surface area contributed by atoms with Crippen LogP contribution in [0.5, 0.6) is 11.5 Å². The lowest BCUT2D eigenvalue weighted by Crippen LogP contribution is -2.34. The summed E-state index contributed by atoms with van der Waals surface area (Å²) in [6.07, 6.45) is 0. The molecule has 0 unspecified atom stereocenters. The zero-order valence-electron chi connectivity index (χ0n) is 15.9. The van der Waals surface area contributed by atoms with Crippen LogP contribution in [0.15, 0.2) is 60.7 Å². The molecule has 0 saturated heterocycles. The van der Waals surface area contributed by atoms with Crippen molar-refractivity contribution in [2.45, 2.75) is 0 Å². The fraction of sp³-hybridized carbons (Fsp3) is 0.136. The van der Waals surface area contributed by atoms with E-state index in [1.165, 1.54) is 13.2 Å². The van der Waals surface area contributed by atoms with Gasteiger partial charge >= 0.3 is 5.97 Å². The SMILES string of the molecule is COc1ccccc1C(=O)NC(=O)COC(=O)c1ccc(OC)c2ccccc12. The molecule has 0 aliphatic carbocycles. The highest BCUT2D eigenvalue weighted by atomic mass is 16.5. The lowest BCUT2D eigenvalue weighted by atomic mass is 10.0. The number of imide groups is 1. The van der Waals surface area contributed by atoms with Crippen molar-refractivity contribution < 1.29 is 28.6 Å². The zero-order chi connectivity index (χ0) is 20.8. The lowest BCUT2D eigenvalue weighted by Gasteiger charge is -2.11. The van der Waals surface area contributed by atoms with Crippen molar-refractivity contribution in [1.82, 2.24) is 5.32 Å². The smallest absolute Gasteiger partial charge is 0.339 e. The molecule has 3 aromatic carbocycles. The number of carbonyl (C=O) groups excluding carboxylic acids is 3. The molecule has 7 heteroatoms. The van der Waals surface area contributed by atoms with Crippen LogP contribution in [0.1, 0.15) is 20.7 Å². The van der Waals surface area contributed by atoms with E-state index in [9.17, 15) is 14.4 Å². The Hall–Kier alpha value is -3.87. The van der Waals surface area contributed by atoms with Crippen molar-refractivity contribution in [1.29, 1.82) is 0 Å². The number of hydrogen-bond acceptors (Lipinski definition) is 6. The van der Waals surface area contributed by atoms with Gasteiger partial charge in [-0.25, -0.2) is 4.79 Å². The number of amides is 2. The minimum absolute atomic E-state index is 0.204. The molecule has 0 aromatic heterocycles. The fourth-order valence-corrected chi connectivity index (χ4v) is 2.90. The van der Waals surface area contributed by atoms with Crippen LogP contribution >= 0.6 is 0 Å². The van der Waals surface area contributed by atoms with Gasteiger partial charge in [0.25, 0.3) is 11.8 Å². The topological polar surface area (TPSA) is 90.9 Å². The molecule has 0 fully saturated rings. The first-order chi connectivity index (χ1) is 14.0. The number of rotatable bonds is 6. The van der Waals surface area contributed by atoms with Crippen LogP contribution in [-0.2, 0) is 9.53 Å². The maximum absolute atomic E-state index is 12.5. The van der Waals surface area contributed by atoms with E-state index in [4.69, 9.17) is 14.2 Å². The monoisotopic (exact) mass is 393 g/mol. The molecule has 0 atom stereocenters. The lowest BCUT2D eigenvalue weighted by molar-refractivity contribution is -0.123. The van der Waals surface area contributed by atoms with Crippen LogP contribution in [0.3, 0.4) is 0 Å². The van der Waals surface area contributed by atoms with E-state index in [0.29, 0.717) is 22.4 Å². The molecule has 0 spiro atoms. The molecule has 0 saturated carbocycles. The van der Waals surface area contributed by atoms with Gasteiger partial charge in [-0.3, -0.25) is 14.9 Å². The number of esters is 1. The van der Waals surface area contributed by atoms with E-state index < -0.39 is 24.4 Å². The number of fused-ring (bicyclic) bond motifs is 1. The predicted molar refractivity (Wildman–Crippen MR) is 106 cm³/mol. The summed E-state index contributed by atoms with van der Waals surface area (Å²) < 4.78 is 15.5. The second-order valence-electron chi connectivity index (χ2n) is 6.01. The molecule has 148 valence electrons. The molecule has 0 aliphatic rings. The Morgan fingerprint density at radius 3 is 2.14 bits per heavy atom. The third-order valence-electron chi connectivity index (χ3n) is 4.26. The summed E-state index contributed by atoms with van der Waals surface area (Å²) in [7, 11) is 2.97. The number of nitrogens with one attached hydrogen (secondary N) is 1. The molecular formula is C22H19NO6. The number of benzene rings is 3. The minimum atomic E-state index is -0.743. The molecule has 7 nitrogen and oxygen atoms in total. The molecule has 29 heavy (non-hydrogen) atoms. The number of para-hydroxylation sites is 1. The first-order valence-electron chi connectivity index (χ1n) is 8.75. The zero-order valence-corrected chi connectivity index (χ0v) is 15.9. The van der Waals surface area contributed by atoms with Gasteiger partial charge in [-0.2, -0.15) is 0 Å². The predicted octanol–water partition coefficient (Wildman–Crippen LogP) is 2.97. The summed E-state index contributed by atoms with van der Waals surface area (Å²) in [6.45, 7) is -0.597. The Labute approximate surface area is 167 Å².